The van der Waals surface area contributed by atoms with Gasteiger partial charge in [0.1, 0.15) is 5.58 Å². The summed E-state index contributed by atoms with van der Waals surface area (Å²) in [6.07, 6.45) is -1.60. The van der Waals surface area contributed by atoms with Gasteiger partial charge in [-0.05, 0) is 43.2 Å². The van der Waals surface area contributed by atoms with E-state index in [9.17, 15) is 10.2 Å². The average Bonchev–Trinajstić information content (AvgIpc) is 3.25. The number of hydrogen-bond acceptors (Lipinski definition) is 6. The molecule has 0 bridgehead atoms. The fraction of sp³-hybridized carbons (Fsp3) is 0.158. The molecule has 4 rings (SSSR count). The summed E-state index contributed by atoms with van der Waals surface area (Å²) < 4.78 is 11.6. The molecule has 0 aliphatic rings. The lowest BCUT2D eigenvalue weighted by Gasteiger charge is -2.05. The molecule has 0 spiro atoms. The van der Waals surface area contributed by atoms with E-state index < -0.39 is 6.29 Å². The van der Waals surface area contributed by atoms with Crippen molar-refractivity contribution in [2.24, 2.45) is 0 Å². The molecule has 0 unspecified atom stereocenters. The summed E-state index contributed by atoms with van der Waals surface area (Å²) >= 11 is 6.20. The summed E-state index contributed by atoms with van der Waals surface area (Å²) in [6.45, 7) is 3.99. The number of rotatable bonds is 3. The van der Waals surface area contributed by atoms with Crippen molar-refractivity contribution >= 4 is 22.6 Å². The Kier molecular flexibility index (Phi) is 4.03. The fourth-order valence-electron chi connectivity index (χ4n) is 2.79. The zero-order valence-corrected chi connectivity index (χ0v) is 14.8. The maximum absolute atomic E-state index is 9.21. The molecule has 2 aromatic carbocycles. The molecule has 7 heteroatoms. The third kappa shape index (κ3) is 2.78. The first-order valence-corrected chi connectivity index (χ1v) is 8.31. The van der Waals surface area contributed by atoms with E-state index in [1.807, 2.05) is 32.0 Å². The lowest BCUT2D eigenvalue weighted by atomic mass is 10.1. The van der Waals surface area contributed by atoms with Crippen LogP contribution in [0, 0.1) is 13.8 Å². The molecule has 132 valence electrons. The van der Waals surface area contributed by atoms with Gasteiger partial charge in [0, 0.05) is 10.9 Å². The van der Waals surface area contributed by atoms with Gasteiger partial charge in [-0.3, -0.25) is 0 Å². The van der Waals surface area contributed by atoms with Crippen molar-refractivity contribution in [3.8, 4) is 23.1 Å². The van der Waals surface area contributed by atoms with Gasteiger partial charge in [-0.1, -0.05) is 29.8 Å². The van der Waals surface area contributed by atoms with Crippen molar-refractivity contribution in [1.82, 2.24) is 10.2 Å². The molecule has 0 aliphatic carbocycles. The molecule has 0 saturated heterocycles. The lowest BCUT2D eigenvalue weighted by Crippen LogP contribution is -1.94. The van der Waals surface area contributed by atoms with Crippen LogP contribution in [0.3, 0.4) is 0 Å². The molecular weight excluding hydrogens is 356 g/mol. The Labute approximate surface area is 153 Å². The van der Waals surface area contributed by atoms with Gasteiger partial charge in [0.2, 0.25) is 5.89 Å². The average molecular weight is 371 g/mol. The predicted octanol–water partition coefficient (Wildman–Crippen LogP) is 4.40. The normalized spacial score (nSPS) is 11.6. The molecule has 26 heavy (non-hydrogen) atoms. The first kappa shape index (κ1) is 16.8. The molecule has 0 fully saturated rings. The Hall–Kier alpha value is -2.67. The fourth-order valence-corrected chi connectivity index (χ4v) is 3.06. The van der Waals surface area contributed by atoms with Gasteiger partial charge in [0.25, 0.3) is 5.89 Å². The van der Waals surface area contributed by atoms with E-state index in [1.165, 1.54) is 12.1 Å². The molecule has 0 radical (unpaired) electrons. The highest BCUT2D eigenvalue weighted by atomic mass is 35.5. The highest BCUT2D eigenvalue weighted by Crippen LogP contribution is 2.34. The van der Waals surface area contributed by atoms with Crippen LogP contribution in [0.4, 0.5) is 0 Å². The molecule has 2 heterocycles. The number of aromatic nitrogens is 2. The quantitative estimate of drug-likeness (QED) is 0.519. The maximum Gasteiger partial charge on any atom is 0.283 e. The van der Waals surface area contributed by atoms with Crippen molar-refractivity contribution in [1.29, 1.82) is 0 Å². The number of halogens is 1. The zero-order chi connectivity index (χ0) is 18.4. The highest BCUT2D eigenvalue weighted by Gasteiger charge is 2.18. The van der Waals surface area contributed by atoms with Crippen molar-refractivity contribution in [2.75, 3.05) is 0 Å². The topological polar surface area (TPSA) is 92.5 Å². The van der Waals surface area contributed by atoms with Gasteiger partial charge in [0.05, 0.1) is 10.6 Å². The minimum atomic E-state index is -1.60. The summed E-state index contributed by atoms with van der Waals surface area (Å²) in [6, 6.07) is 10.5. The molecule has 0 amide bonds. The zero-order valence-electron chi connectivity index (χ0n) is 14.0. The summed E-state index contributed by atoms with van der Waals surface area (Å²) in [7, 11) is 0. The third-order valence-corrected chi connectivity index (χ3v) is 4.57. The Morgan fingerprint density at radius 1 is 0.923 bits per heavy atom. The summed E-state index contributed by atoms with van der Waals surface area (Å²) in [5, 5.41) is 27.8. The Morgan fingerprint density at radius 2 is 1.65 bits per heavy atom. The molecule has 0 aliphatic heterocycles. The molecule has 4 aromatic rings. The largest absolute Gasteiger partial charge is 0.451 e. The van der Waals surface area contributed by atoms with Crippen LogP contribution in [0.1, 0.15) is 23.0 Å². The van der Waals surface area contributed by atoms with Crippen molar-refractivity contribution in [2.45, 2.75) is 20.1 Å². The first-order valence-electron chi connectivity index (χ1n) is 7.93. The smallest absolute Gasteiger partial charge is 0.283 e. The number of aliphatic hydroxyl groups is 2. The van der Waals surface area contributed by atoms with Crippen LogP contribution >= 0.6 is 11.6 Å². The van der Waals surface area contributed by atoms with Gasteiger partial charge in [0.15, 0.2) is 12.1 Å². The molecule has 0 atom stereocenters. The summed E-state index contributed by atoms with van der Waals surface area (Å²) in [5.41, 5.74) is 3.69. The van der Waals surface area contributed by atoms with Crippen molar-refractivity contribution in [3.05, 3.63) is 58.1 Å². The second-order valence-electron chi connectivity index (χ2n) is 6.08. The third-order valence-electron chi connectivity index (χ3n) is 4.26. The van der Waals surface area contributed by atoms with Crippen LogP contribution in [0.25, 0.3) is 34.1 Å². The van der Waals surface area contributed by atoms with Crippen molar-refractivity contribution < 1.29 is 19.0 Å². The number of aryl methyl sites for hydroxylation is 2. The van der Waals surface area contributed by atoms with Gasteiger partial charge < -0.3 is 19.0 Å². The number of benzene rings is 2. The van der Waals surface area contributed by atoms with Gasteiger partial charge in [-0.25, -0.2) is 0 Å². The van der Waals surface area contributed by atoms with Crippen molar-refractivity contribution in [3.63, 3.8) is 0 Å². The lowest BCUT2D eigenvalue weighted by molar-refractivity contribution is -0.0424. The van der Waals surface area contributed by atoms with Crippen LogP contribution in [0.2, 0.25) is 5.02 Å². The second kappa shape index (κ2) is 6.25. The predicted molar refractivity (Wildman–Crippen MR) is 96.6 cm³/mol. The Morgan fingerprint density at radius 3 is 2.35 bits per heavy atom. The van der Waals surface area contributed by atoms with E-state index in [0.717, 1.165) is 22.1 Å². The van der Waals surface area contributed by atoms with E-state index in [4.69, 9.17) is 20.4 Å². The standard InChI is InChI=1S/C19H15ClN2O4/c1-9-3-4-10(2)16-13(9)8-15(25-16)18-22-21-17(26-18)12-6-5-11(19(23)24)7-14(12)20/h3-8,19,23-24H,1-2H3. The monoisotopic (exact) mass is 370 g/mol. The first-order chi connectivity index (χ1) is 12.4. The Bertz CT molecular complexity index is 1080. The van der Waals surface area contributed by atoms with E-state index in [2.05, 4.69) is 10.2 Å². The van der Waals surface area contributed by atoms with Crippen LogP contribution < -0.4 is 0 Å². The minimum absolute atomic E-state index is 0.220. The summed E-state index contributed by atoms with van der Waals surface area (Å²) in [5.74, 6) is 0.949. The summed E-state index contributed by atoms with van der Waals surface area (Å²) in [4.78, 5) is 0. The highest BCUT2D eigenvalue weighted by molar-refractivity contribution is 6.33. The number of furan rings is 1. The van der Waals surface area contributed by atoms with Crippen LogP contribution in [-0.2, 0) is 0 Å². The van der Waals surface area contributed by atoms with E-state index in [-0.39, 0.29) is 22.4 Å². The van der Waals surface area contributed by atoms with Crippen LogP contribution in [-0.4, -0.2) is 20.4 Å². The molecular formula is C19H15ClN2O4. The Balaban J connectivity index is 1.75. The number of fused-ring (bicyclic) bond motifs is 1. The molecule has 6 nitrogen and oxygen atoms in total. The van der Waals surface area contributed by atoms with Gasteiger partial charge >= 0.3 is 0 Å². The molecule has 0 saturated carbocycles. The second-order valence-corrected chi connectivity index (χ2v) is 6.49. The van der Waals surface area contributed by atoms with Gasteiger partial charge in [-0.15, -0.1) is 10.2 Å². The van der Waals surface area contributed by atoms with E-state index in [0.29, 0.717) is 11.3 Å². The van der Waals surface area contributed by atoms with E-state index >= 15 is 0 Å². The van der Waals surface area contributed by atoms with Gasteiger partial charge in [-0.2, -0.15) is 0 Å². The maximum atomic E-state index is 9.21. The number of aliphatic hydroxyl groups excluding tert-OH is 1. The SMILES string of the molecule is Cc1ccc(C)c2oc(-c3nnc(-c4ccc(C(O)O)cc4Cl)o3)cc12. The van der Waals surface area contributed by atoms with E-state index in [1.54, 1.807) is 6.07 Å². The number of hydrogen-bond donors (Lipinski definition) is 2. The molecule has 2 N–H and O–H groups in total. The molecule has 2 aromatic heterocycles. The van der Waals surface area contributed by atoms with Crippen LogP contribution in [0.15, 0.2) is 45.2 Å². The minimum Gasteiger partial charge on any atom is -0.451 e. The number of nitrogens with zero attached hydrogens (tertiary/aromatic N) is 2. The van der Waals surface area contributed by atoms with Crippen LogP contribution in [0.5, 0.6) is 0 Å².